The van der Waals surface area contributed by atoms with Crippen LogP contribution in [0.4, 0.5) is 15.2 Å². The van der Waals surface area contributed by atoms with Crippen LogP contribution in [0.5, 0.6) is 0 Å². The van der Waals surface area contributed by atoms with Crippen molar-refractivity contribution in [3.8, 4) is 6.07 Å². The highest BCUT2D eigenvalue weighted by atomic mass is 32.1. The van der Waals surface area contributed by atoms with E-state index >= 15 is 0 Å². The number of aryl methyl sites for hydroxylation is 1. The van der Waals surface area contributed by atoms with E-state index in [0.29, 0.717) is 16.4 Å². The number of halogens is 1. The van der Waals surface area contributed by atoms with Gasteiger partial charge in [-0.15, -0.1) is 0 Å². The molecule has 3 nitrogen and oxygen atoms in total. The topological polar surface area (TPSA) is 48.7 Å². The molecule has 3 rings (SSSR count). The first-order chi connectivity index (χ1) is 9.65. The van der Waals surface area contributed by atoms with Gasteiger partial charge in [0.05, 0.1) is 27.5 Å². The molecule has 0 saturated heterocycles. The van der Waals surface area contributed by atoms with Crippen molar-refractivity contribution in [2.24, 2.45) is 0 Å². The third kappa shape index (κ3) is 2.33. The summed E-state index contributed by atoms with van der Waals surface area (Å²) >= 11 is 1.47. The molecule has 1 N–H and O–H groups in total. The van der Waals surface area contributed by atoms with Gasteiger partial charge in [0.15, 0.2) is 5.13 Å². The lowest BCUT2D eigenvalue weighted by Gasteiger charge is -2.03. The van der Waals surface area contributed by atoms with Crippen molar-refractivity contribution >= 4 is 32.4 Å². The summed E-state index contributed by atoms with van der Waals surface area (Å²) in [6, 6.07) is 12.2. The van der Waals surface area contributed by atoms with Crippen LogP contribution in [0.3, 0.4) is 0 Å². The first-order valence-electron chi connectivity index (χ1n) is 5.99. The Labute approximate surface area is 119 Å². The van der Waals surface area contributed by atoms with E-state index in [1.54, 1.807) is 12.1 Å². The Balaban J connectivity index is 1.95. The van der Waals surface area contributed by atoms with E-state index in [4.69, 9.17) is 5.26 Å². The second kappa shape index (κ2) is 4.91. The molecule has 0 fully saturated rings. The number of fused-ring (bicyclic) bond motifs is 1. The van der Waals surface area contributed by atoms with Crippen LogP contribution in [0.1, 0.15) is 11.1 Å². The molecule has 20 heavy (non-hydrogen) atoms. The Morgan fingerprint density at radius 2 is 2.10 bits per heavy atom. The van der Waals surface area contributed by atoms with Gasteiger partial charge in [0.2, 0.25) is 0 Å². The molecule has 0 unspecified atom stereocenters. The highest BCUT2D eigenvalue weighted by molar-refractivity contribution is 7.22. The molecular weight excluding hydrogens is 273 g/mol. The number of thiazole rings is 1. The zero-order chi connectivity index (χ0) is 14.1. The molecular formula is C15H10FN3S. The summed E-state index contributed by atoms with van der Waals surface area (Å²) in [6.45, 7) is 2.01. The van der Waals surface area contributed by atoms with E-state index in [9.17, 15) is 4.39 Å². The Kier molecular flexibility index (Phi) is 3.09. The zero-order valence-corrected chi connectivity index (χ0v) is 11.5. The van der Waals surface area contributed by atoms with E-state index in [1.165, 1.54) is 17.4 Å². The smallest absolute Gasteiger partial charge is 0.188 e. The number of aromatic nitrogens is 1. The van der Waals surface area contributed by atoms with E-state index < -0.39 is 5.82 Å². The zero-order valence-electron chi connectivity index (χ0n) is 10.6. The molecule has 0 spiro atoms. The molecule has 98 valence electrons. The molecule has 0 atom stereocenters. The fourth-order valence-electron chi connectivity index (χ4n) is 1.89. The quantitative estimate of drug-likeness (QED) is 0.760. The van der Waals surface area contributed by atoms with Crippen LogP contribution in [-0.2, 0) is 0 Å². The van der Waals surface area contributed by atoms with Crippen molar-refractivity contribution in [2.75, 3.05) is 5.32 Å². The predicted octanol–water partition coefficient (Wildman–Crippen LogP) is 4.36. The number of nitrogens with zero attached hydrogens (tertiary/aromatic N) is 2. The predicted molar refractivity (Wildman–Crippen MR) is 78.8 cm³/mol. The van der Waals surface area contributed by atoms with Crippen LogP contribution in [0.15, 0.2) is 36.4 Å². The minimum absolute atomic E-state index is 0.299. The monoisotopic (exact) mass is 283 g/mol. The van der Waals surface area contributed by atoms with Crippen molar-refractivity contribution in [1.82, 2.24) is 4.98 Å². The molecule has 0 amide bonds. The maximum atomic E-state index is 13.8. The van der Waals surface area contributed by atoms with Gasteiger partial charge in [0.1, 0.15) is 5.82 Å². The lowest BCUT2D eigenvalue weighted by Crippen LogP contribution is -1.93. The van der Waals surface area contributed by atoms with Gasteiger partial charge >= 0.3 is 0 Å². The lowest BCUT2D eigenvalue weighted by molar-refractivity contribution is 0.631. The fraction of sp³-hybridized carbons (Fsp3) is 0.0667. The van der Waals surface area contributed by atoms with Gasteiger partial charge in [-0.1, -0.05) is 17.4 Å². The molecule has 0 radical (unpaired) electrons. The summed E-state index contributed by atoms with van der Waals surface area (Å²) in [7, 11) is 0. The van der Waals surface area contributed by atoms with Crippen LogP contribution < -0.4 is 5.32 Å². The SMILES string of the molecule is Cc1ccc2sc(Nc3ccc(C#N)cc3F)nc2c1. The number of benzene rings is 2. The molecule has 5 heteroatoms. The molecule has 1 aromatic heterocycles. The van der Waals surface area contributed by atoms with E-state index in [0.717, 1.165) is 15.8 Å². The molecule has 0 aliphatic heterocycles. The van der Waals surface area contributed by atoms with Gasteiger partial charge in [-0.25, -0.2) is 9.37 Å². The maximum Gasteiger partial charge on any atom is 0.188 e. The number of nitrogens with one attached hydrogen (secondary N) is 1. The first kappa shape index (κ1) is 12.6. The number of rotatable bonds is 2. The van der Waals surface area contributed by atoms with Crippen molar-refractivity contribution in [3.05, 3.63) is 53.3 Å². The summed E-state index contributed by atoms with van der Waals surface area (Å²) in [6.07, 6.45) is 0. The largest absolute Gasteiger partial charge is 0.329 e. The molecule has 2 aromatic carbocycles. The minimum Gasteiger partial charge on any atom is -0.329 e. The van der Waals surface area contributed by atoms with Crippen molar-refractivity contribution in [3.63, 3.8) is 0 Å². The third-order valence-corrected chi connectivity index (χ3v) is 3.83. The van der Waals surface area contributed by atoms with E-state index in [1.807, 2.05) is 31.2 Å². The number of anilines is 2. The Hall–Kier alpha value is -2.45. The summed E-state index contributed by atoms with van der Waals surface area (Å²) < 4.78 is 14.9. The highest BCUT2D eigenvalue weighted by Crippen LogP contribution is 2.29. The molecule has 1 heterocycles. The first-order valence-corrected chi connectivity index (χ1v) is 6.81. The van der Waals surface area contributed by atoms with Gasteiger partial charge in [-0.05, 0) is 42.8 Å². The van der Waals surface area contributed by atoms with Crippen LogP contribution >= 0.6 is 11.3 Å². The summed E-state index contributed by atoms with van der Waals surface area (Å²) in [5.74, 6) is -0.459. The lowest BCUT2D eigenvalue weighted by atomic mass is 10.2. The fourth-order valence-corrected chi connectivity index (χ4v) is 2.75. The van der Waals surface area contributed by atoms with Crippen LogP contribution in [0.2, 0.25) is 0 Å². The normalized spacial score (nSPS) is 10.4. The third-order valence-electron chi connectivity index (χ3n) is 2.88. The number of hydrogen-bond acceptors (Lipinski definition) is 4. The molecule has 0 saturated carbocycles. The number of nitriles is 1. The second-order valence-electron chi connectivity index (χ2n) is 4.42. The Morgan fingerprint density at radius 3 is 2.85 bits per heavy atom. The van der Waals surface area contributed by atoms with Gasteiger partial charge in [0, 0.05) is 0 Å². The Morgan fingerprint density at radius 1 is 1.25 bits per heavy atom. The highest BCUT2D eigenvalue weighted by Gasteiger charge is 2.08. The molecule has 0 aliphatic rings. The summed E-state index contributed by atoms with van der Waals surface area (Å²) in [5, 5.41) is 12.3. The van der Waals surface area contributed by atoms with Crippen LogP contribution in [-0.4, -0.2) is 4.98 Å². The van der Waals surface area contributed by atoms with Gasteiger partial charge in [-0.3, -0.25) is 0 Å². The molecule has 0 bridgehead atoms. The average Bonchev–Trinajstić information content (AvgIpc) is 2.82. The van der Waals surface area contributed by atoms with Crippen molar-refractivity contribution < 1.29 is 4.39 Å². The summed E-state index contributed by atoms with van der Waals surface area (Å²) in [5.41, 5.74) is 2.65. The minimum atomic E-state index is -0.459. The van der Waals surface area contributed by atoms with E-state index in [2.05, 4.69) is 10.3 Å². The number of hydrogen-bond donors (Lipinski definition) is 1. The maximum absolute atomic E-state index is 13.8. The van der Waals surface area contributed by atoms with Crippen molar-refractivity contribution in [1.29, 1.82) is 5.26 Å². The molecule has 3 aromatic rings. The van der Waals surface area contributed by atoms with Gasteiger partial charge < -0.3 is 5.32 Å². The Bertz CT molecular complexity index is 833. The summed E-state index contributed by atoms with van der Waals surface area (Å²) in [4.78, 5) is 4.43. The molecule has 0 aliphatic carbocycles. The second-order valence-corrected chi connectivity index (χ2v) is 5.45. The van der Waals surface area contributed by atoms with Crippen LogP contribution in [0.25, 0.3) is 10.2 Å². The van der Waals surface area contributed by atoms with Gasteiger partial charge in [-0.2, -0.15) is 5.26 Å². The van der Waals surface area contributed by atoms with E-state index in [-0.39, 0.29) is 0 Å². The van der Waals surface area contributed by atoms with Crippen molar-refractivity contribution in [2.45, 2.75) is 6.92 Å². The standard InChI is InChI=1S/C15H10FN3S/c1-9-2-5-14-13(6-9)19-15(20-14)18-12-4-3-10(8-17)7-11(12)16/h2-7H,1H3,(H,18,19). The average molecular weight is 283 g/mol. The van der Waals surface area contributed by atoms with Gasteiger partial charge in [0.25, 0.3) is 0 Å². The van der Waals surface area contributed by atoms with Crippen LogP contribution in [0, 0.1) is 24.1 Å².